The zero-order valence-electron chi connectivity index (χ0n) is 9.91. The Morgan fingerprint density at radius 2 is 2.29 bits per heavy atom. The molecule has 0 unspecified atom stereocenters. The third-order valence-corrected chi connectivity index (χ3v) is 5.01. The van der Waals surface area contributed by atoms with Gasteiger partial charge in [0.05, 0.1) is 8.45 Å². The van der Waals surface area contributed by atoms with Crippen LogP contribution in [0, 0.1) is 8.80 Å². The van der Waals surface area contributed by atoms with Crippen molar-refractivity contribution in [3.63, 3.8) is 0 Å². The Bertz CT molecular complexity index is 386. The third kappa shape index (κ3) is 3.93. The van der Waals surface area contributed by atoms with E-state index in [0.29, 0.717) is 5.92 Å². The van der Waals surface area contributed by atoms with Crippen molar-refractivity contribution in [2.75, 3.05) is 26.7 Å². The van der Waals surface area contributed by atoms with Gasteiger partial charge in [-0.05, 0) is 67.6 Å². The summed E-state index contributed by atoms with van der Waals surface area (Å²) in [5, 5.41) is 4.97. The van der Waals surface area contributed by atoms with Crippen molar-refractivity contribution >= 4 is 39.8 Å². The van der Waals surface area contributed by atoms with Crippen molar-refractivity contribution in [3.05, 3.63) is 19.9 Å². The smallest absolute Gasteiger partial charge is 0.252 e. The number of nitrogens with zero attached hydrogens (tertiary/aromatic N) is 1. The summed E-state index contributed by atoms with van der Waals surface area (Å²) in [5.74, 6) is 0.718. The first-order valence-electron chi connectivity index (χ1n) is 5.86. The van der Waals surface area contributed by atoms with Gasteiger partial charge in [0.15, 0.2) is 0 Å². The molecular weight excluding hydrogens is 347 g/mol. The molecule has 94 valence electrons. The Labute approximate surface area is 120 Å². The number of amides is 1. The summed E-state index contributed by atoms with van der Waals surface area (Å²) in [5.41, 5.74) is 0.798. The van der Waals surface area contributed by atoms with Crippen LogP contribution in [0.3, 0.4) is 0 Å². The predicted octanol–water partition coefficient (Wildman–Crippen LogP) is 2.42. The first-order valence-corrected chi connectivity index (χ1v) is 7.82. The molecule has 0 radical (unpaired) electrons. The summed E-state index contributed by atoms with van der Waals surface area (Å²) in [6, 6.07) is 1.94. The summed E-state index contributed by atoms with van der Waals surface area (Å²) < 4.78 is 1.16. The topological polar surface area (TPSA) is 32.3 Å². The van der Waals surface area contributed by atoms with Crippen LogP contribution in [0.2, 0.25) is 0 Å². The molecule has 0 aromatic carbocycles. The average molecular weight is 364 g/mol. The molecule has 2 heterocycles. The summed E-state index contributed by atoms with van der Waals surface area (Å²) >= 11 is 3.85. The molecular formula is C12H17IN2OS. The highest BCUT2D eigenvalue weighted by atomic mass is 127. The molecule has 1 amide bonds. The van der Waals surface area contributed by atoms with Crippen molar-refractivity contribution in [2.45, 2.75) is 12.8 Å². The maximum Gasteiger partial charge on any atom is 0.252 e. The second-order valence-corrected chi connectivity index (χ2v) is 7.40. The average Bonchev–Trinajstić information content (AvgIpc) is 2.75. The lowest BCUT2D eigenvalue weighted by Crippen LogP contribution is -2.36. The lowest BCUT2D eigenvalue weighted by Gasteiger charge is -2.28. The van der Waals surface area contributed by atoms with Gasteiger partial charge in [-0.2, -0.15) is 0 Å². The van der Waals surface area contributed by atoms with Crippen LogP contribution in [0.15, 0.2) is 11.4 Å². The number of carbonyl (C=O) groups excluding carboxylic acids is 1. The number of thiophene rings is 1. The molecule has 0 atom stereocenters. The predicted molar refractivity (Wildman–Crippen MR) is 79.6 cm³/mol. The number of rotatable bonds is 3. The molecule has 1 saturated heterocycles. The van der Waals surface area contributed by atoms with Crippen LogP contribution < -0.4 is 5.32 Å². The Hall–Kier alpha value is -0.140. The van der Waals surface area contributed by atoms with Gasteiger partial charge < -0.3 is 10.2 Å². The summed E-state index contributed by atoms with van der Waals surface area (Å²) in [4.78, 5) is 14.2. The van der Waals surface area contributed by atoms with Gasteiger partial charge in [0.25, 0.3) is 5.91 Å². The molecule has 2 rings (SSSR count). The normalized spacial score (nSPS) is 18.2. The minimum absolute atomic E-state index is 0.0723. The lowest BCUT2D eigenvalue weighted by atomic mass is 9.97. The number of carbonyl (C=O) groups is 1. The van der Waals surface area contributed by atoms with Crippen molar-refractivity contribution in [1.82, 2.24) is 10.2 Å². The van der Waals surface area contributed by atoms with E-state index in [2.05, 4.69) is 39.9 Å². The van der Waals surface area contributed by atoms with Crippen LogP contribution in [-0.4, -0.2) is 37.5 Å². The van der Waals surface area contributed by atoms with Gasteiger partial charge in [0.2, 0.25) is 0 Å². The van der Waals surface area contributed by atoms with Gasteiger partial charge in [-0.15, -0.1) is 11.3 Å². The Morgan fingerprint density at radius 3 is 2.88 bits per heavy atom. The van der Waals surface area contributed by atoms with Crippen LogP contribution >= 0.6 is 33.9 Å². The van der Waals surface area contributed by atoms with Gasteiger partial charge in [-0.25, -0.2) is 0 Å². The SMILES string of the molecule is CN1CCC(CNC(=O)c2csc(I)c2)CC1. The number of likely N-dealkylation sites (tertiary alicyclic amines) is 1. The summed E-state index contributed by atoms with van der Waals surface area (Å²) in [6.07, 6.45) is 2.38. The van der Waals surface area contributed by atoms with Crippen LogP contribution in [0.25, 0.3) is 0 Å². The van der Waals surface area contributed by atoms with E-state index in [-0.39, 0.29) is 5.91 Å². The van der Waals surface area contributed by atoms with Crippen LogP contribution in [-0.2, 0) is 0 Å². The monoisotopic (exact) mass is 364 g/mol. The Kier molecular flexibility index (Phi) is 4.81. The molecule has 1 N–H and O–H groups in total. The van der Waals surface area contributed by atoms with Crippen molar-refractivity contribution in [3.8, 4) is 0 Å². The number of nitrogens with one attached hydrogen (secondary N) is 1. The molecule has 0 spiro atoms. The highest BCUT2D eigenvalue weighted by molar-refractivity contribution is 14.1. The molecule has 0 aliphatic carbocycles. The molecule has 17 heavy (non-hydrogen) atoms. The minimum atomic E-state index is 0.0723. The molecule has 1 aromatic rings. The molecule has 0 saturated carbocycles. The zero-order valence-corrected chi connectivity index (χ0v) is 12.9. The third-order valence-electron chi connectivity index (χ3n) is 3.22. The highest BCUT2D eigenvalue weighted by Gasteiger charge is 2.17. The quantitative estimate of drug-likeness (QED) is 0.836. The first kappa shape index (κ1) is 13.3. The molecule has 1 fully saturated rings. The van der Waals surface area contributed by atoms with Gasteiger partial charge in [0, 0.05) is 11.9 Å². The number of halogens is 1. The van der Waals surface area contributed by atoms with E-state index in [0.717, 1.165) is 28.1 Å². The van der Waals surface area contributed by atoms with E-state index in [1.807, 2.05) is 11.4 Å². The van der Waals surface area contributed by atoms with Crippen LogP contribution in [0.5, 0.6) is 0 Å². The second-order valence-electron chi connectivity index (χ2n) is 4.60. The molecule has 1 aliphatic rings. The molecule has 5 heteroatoms. The maximum atomic E-state index is 11.8. The van der Waals surface area contributed by atoms with E-state index < -0.39 is 0 Å². The molecule has 0 bridgehead atoms. The summed E-state index contributed by atoms with van der Waals surface area (Å²) in [6.45, 7) is 3.12. The fourth-order valence-corrected chi connectivity index (χ4v) is 3.36. The van der Waals surface area contributed by atoms with E-state index in [4.69, 9.17) is 0 Å². The number of hydrogen-bond donors (Lipinski definition) is 1. The second kappa shape index (κ2) is 6.15. The van der Waals surface area contributed by atoms with Crippen LogP contribution in [0.4, 0.5) is 0 Å². The van der Waals surface area contributed by atoms with Gasteiger partial charge in [-0.3, -0.25) is 4.79 Å². The van der Waals surface area contributed by atoms with Crippen molar-refractivity contribution in [1.29, 1.82) is 0 Å². The lowest BCUT2D eigenvalue weighted by molar-refractivity contribution is 0.0939. The minimum Gasteiger partial charge on any atom is -0.352 e. The van der Waals surface area contributed by atoms with Crippen LogP contribution in [0.1, 0.15) is 23.2 Å². The number of hydrogen-bond acceptors (Lipinski definition) is 3. The number of piperidine rings is 1. The van der Waals surface area contributed by atoms with E-state index in [1.165, 1.54) is 12.8 Å². The Balaban J connectivity index is 1.76. The summed E-state index contributed by atoms with van der Waals surface area (Å²) in [7, 11) is 2.15. The fourth-order valence-electron chi connectivity index (χ4n) is 2.03. The Morgan fingerprint density at radius 1 is 1.59 bits per heavy atom. The van der Waals surface area contributed by atoms with E-state index in [9.17, 15) is 4.79 Å². The van der Waals surface area contributed by atoms with E-state index in [1.54, 1.807) is 11.3 Å². The van der Waals surface area contributed by atoms with Crippen molar-refractivity contribution in [2.24, 2.45) is 5.92 Å². The van der Waals surface area contributed by atoms with Gasteiger partial charge in [-0.1, -0.05) is 0 Å². The molecule has 3 nitrogen and oxygen atoms in total. The maximum absolute atomic E-state index is 11.8. The van der Waals surface area contributed by atoms with Gasteiger partial charge >= 0.3 is 0 Å². The van der Waals surface area contributed by atoms with E-state index >= 15 is 0 Å². The largest absolute Gasteiger partial charge is 0.352 e. The highest BCUT2D eigenvalue weighted by Crippen LogP contribution is 2.17. The molecule has 1 aromatic heterocycles. The first-order chi connectivity index (χ1) is 8.15. The standard InChI is InChI=1S/C12H17IN2OS/c1-15-4-2-9(3-5-15)7-14-12(16)10-6-11(13)17-8-10/h6,8-9H,2-5,7H2,1H3,(H,14,16). The van der Waals surface area contributed by atoms with Crippen molar-refractivity contribution < 1.29 is 4.79 Å². The zero-order chi connectivity index (χ0) is 12.3. The fraction of sp³-hybridized carbons (Fsp3) is 0.583. The molecule has 1 aliphatic heterocycles. The van der Waals surface area contributed by atoms with Gasteiger partial charge in [0.1, 0.15) is 0 Å².